The van der Waals surface area contributed by atoms with E-state index in [-0.39, 0.29) is 17.9 Å². The molecule has 1 aromatic carbocycles. The van der Waals surface area contributed by atoms with Crippen LogP contribution in [0.5, 0.6) is 0 Å². The molecule has 2 aromatic rings. The van der Waals surface area contributed by atoms with Crippen LogP contribution < -0.4 is 11.1 Å². The van der Waals surface area contributed by atoms with E-state index in [9.17, 15) is 4.79 Å². The van der Waals surface area contributed by atoms with Crippen molar-refractivity contribution in [2.75, 3.05) is 5.73 Å². The molecule has 0 saturated carbocycles. The van der Waals surface area contributed by atoms with Gasteiger partial charge in [0.1, 0.15) is 0 Å². The Labute approximate surface area is 112 Å². The van der Waals surface area contributed by atoms with Gasteiger partial charge < -0.3 is 11.1 Å². The van der Waals surface area contributed by atoms with Gasteiger partial charge in [0.25, 0.3) is 0 Å². The molecule has 1 amide bonds. The van der Waals surface area contributed by atoms with Crippen molar-refractivity contribution in [2.45, 2.75) is 25.8 Å². The monoisotopic (exact) mass is 258 g/mol. The number of carbonyl (C=O) groups is 1. The molecule has 0 bridgehead atoms. The molecular formula is C14H18N4O. The summed E-state index contributed by atoms with van der Waals surface area (Å²) in [6, 6.07) is 7.32. The third-order valence-corrected chi connectivity index (χ3v) is 3.18. The van der Waals surface area contributed by atoms with Crippen LogP contribution in [-0.4, -0.2) is 16.1 Å². The summed E-state index contributed by atoms with van der Waals surface area (Å²) in [7, 11) is 0. The zero-order valence-electron chi connectivity index (χ0n) is 11.1. The van der Waals surface area contributed by atoms with E-state index in [1.807, 2.05) is 38.1 Å². The van der Waals surface area contributed by atoms with Gasteiger partial charge in [0.2, 0.25) is 5.91 Å². The van der Waals surface area contributed by atoms with Crippen molar-refractivity contribution in [1.82, 2.24) is 15.5 Å². The van der Waals surface area contributed by atoms with Crippen molar-refractivity contribution in [3.05, 3.63) is 47.8 Å². The van der Waals surface area contributed by atoms with E-state index in [2.05, 4.69) is 15.5 Å². The Bertz CT molecular complexity index is 550. The predicted octanol–water partition coefficient (Wildman–Crippen LogP) is 1.97. The van der Waals surface area contributed by atoms with Crippen molar-refractivity contribution in [3.8, 4) is 0 Å². The number of amides is 1. The standard InChI is InChI=1S/C14H18N4O/c1-9(11-4-3-5-13(15)6-11)14(19)18-10(2)12-7-16-17-8-12/h3-10H,15H2,1-2H3,(H,16,17)(H,18,19). The smallest absolute Gasteiger partial charge is 0.227 e. The van der Waals surface area contributed by atoms with Crippen LogP contribution in [0, 0.1) is 0 Å². The highest BCUT2D eigenvalue weighted by molar-refractivity contribution is 5.83. The lowest BCUT2D eigenvalue weighted by Gasteiger charge is -2.17. The highest BCUT2D eigenvalue weighted by Crippen LogP contribution is 2.19. The SMILES string of the molecule is CC(NC(=O)C(C)c1cccc(N)c1)c1cn[nH]c1. The summed E-state index contributed by atoms with van der Waals surface area (Å²) in [5.74, 6) is -0.267. The normalized spacial score (nSPS) is 13.8. The van der Waals surface area contributed by atoms with Crippen molar-refractivity contribution in [1.29, 1.82) is 0 Å². The summed E-state index contributed by atoms with van der Waals surface area (Å²) in [4.78, 5) is 12.2. The summed E-state index contributed by atoms with van der Waals surface area (Å²) in [5.41, 5.74) is 8.26. The van der Waals surface area contributed by atoms with Gasteiger partial charge in [-0.3, -0.25) is 9.89 Å². The fraction of sp³-hybridized carbons (Fsp3) is 0.286. The first-order valence-electron chi connectivity index (χ1n) is 6.22. The Morgan fingerprint density at radius 3 is 2.79 bits per heavy atom. The number of aromatic nitrogens is 2. The predicted molar refractivity (Wildman–Crippen MR) is 74.4 cm³/mol. The Morgan fingerprint density at radius 1 is 1.37 bits per heavy atom. The number of hydrogen-bond donors (Lipinski definition) is 3. The lowest BCUT2D eigenvalue weighted by atomic mass is 9.99. The number of H-pyrrole nitrogens is 1. The second-order valence-corrected chi connectivity index (χ2v) is 4.65. The third kappa shape index (κ3) is 3.13. The maximum atomic E-state index is 12.2. The number of anilines is 1. The molecule has 4 N–H and O–H groups in total. The van der Waals surface area contributed by atoms with Crippen molar-refractivity contribution in [3.63, 3.8) is 0 Å². The second-order valence-electron chi connectivity index (χ2n) is 4.65. The molecule has 1 aromatic heterocycles. The first-order chi connectivity index (χ1) is 9.08. The van der Waals surface area contributed by atoms with Crippen LogP contribution in [-0.2, 0) is 4.79 Å². The van der Waals surface area contributed by atoms with Crippen LogP contribution in [0.25, 0.3) is 0 Å². The first-order valence-corrected chi connectivity index (χ1v) is 6.22. The number of nitrogens with zero attached hydrogens (tertiary/aromatic N) is 1. The van der Waals surface area contributed by atoms with E-state index < -0.39 is 0 Å². The lowest BCUT2D eigenvalue weighted by molar-refractivity contribution is -0.122. The average Bonchev–Trinajstić information content (AvgIpc) is 2.91. The van der Waals surface area contributed by atoms with E-state index in [4.69, 9.17) is 5.73 Å². The number of nitrogen functional groups attached to an aromatic ring is 1. The number of aromatic amines is 1. The van der Waals surface area contributed by atoms with E-state index in [1.54, 1.807) is 12.4 Å². The largest absolute Gasteiger partial charge is 0.399 e. The van der Waals surface area contributed by atoms with Crippen LogP contribution in [0.4, 0.5) is 5.69 Å². The Balaban J connectivity index is 2.04. The molecule has 1 heterocycles. The zero-order chi connectivity index (χ0) is 13.8. The van der Waals surface area contributed by atoms with Crippen molar-refractivity contribution in [2.24, 2.45) is 0 Å². The van der Waals surface area contributed by atoms with E-state index >= 15 is 0 Å². The minimum absolute atomic E-state index is 0.0284. The number of nitrogens with one attached hydrogen (secondary N) is 2. The molecule has 0 aliphatic rings. The van der Waals surface area contributed by atoms with Gasteiger partial charge in [-0.2, -0.15) is 5.10 Å². The van der Waals surface area contributed by atoms with Gasteiger partial charge >= 0.3 is 0 Å². The van der Waals surface area contributed by atoms with Gasteiger partial charge in [0.05, 0.1) is 18.2 Å². The number of rotatable bonds is 4. The number of nitrogens with two attached hydrogens (primary N) is 1. The van der Waals surface area contributed by atoms with Crippen LogP contribution >= 0.6 is 0 Å². The van der Waals surface area contributed by atoms with Gasteiger partial charge in [-0.15, -0.1) is 0 Å². The third-order valence-electron chi connectivity index (χ3n) is 3.18. The molecule has 2 unspecified atom stereocenters. The van der Waals surface area contributed by atoms with Gasteiger partial charge in [0, 0.05) is 17.4 Å². The quantitative estimate of drug-likeness (QED) is 0.733. The molecule has 0 aliphatic carbocycles. The van der Waals surface area contributed by atoms with E-state index in [0.717, 1.165) is 11.1 Å². The van der Waals surface area contributed by atoms with Crippen LogP contribution in [0.15, 0.2) is 36.7 Å². The molecule has 5 nitrogen and oxygen atoms in total. The maximum absolute atomic E-state index is 12.2. The maximum Gasteiger partial charge on any atom is 0.227 e. The van der Waals surface area contributed by atoms with Crippen LogP contribution in [0.2, 0.25) is 0 Å². The fourth-order valence-corrected chi connectivity index (χ4v) is 1.90. The van der Waals surface area contributed by atoms with Gasteiger partial charge in [-0.25, -0.2) is 0 Å². The highest BCUT2D eigenvalue weighted by atomic mass is 16.1. The van der Waals surface area contributed by atoms with Crippen molar-refractivity contribution < 1.29 is 4.79 Å². The Morgan fingerprint density at radius 2 is 2.16 bits per heavy atom. The number of carbonyl (C=O) groups excluding carboxylic acids is 1. The number of hydrogen-bond acceptors (Lipinski definition) is 3. The van der Waals surface area contributed by atoms with Gasteiger partial charge in [-0.05, 0) is 31.5 Å². The molecule has 0 spiro atoms. The van der Waals surface area contributed by atoms with Gasteiger partial charge in [-0.1, -0.05) is 12.1 Å². The molecule has 0 aliphatic heterocycles. The van der Waals surface area contributed by atoms with Crippen LogP contribution in [0.1, 0.15) is 36.9 Å². The molecule has 2 atom stereocenters. The van der Waals surface area contributed by atoms with Gasteiger partial charge in [0.15, 0.2) is 0 Å². The first kappa shape index (κ1) is 13.1. The number of benzene rings is 1. The summed E-state index contributed by atoms with van der Waals surface area (Å²) in [6.07, 6.45) is 3.48. The highest BCUT2D eigenvalue weighted by Gasteiger charge is 2.18. The Hall–Kier alpha value is -2.30. The summed E-state index contributed by atoms with van der Waals surface area (Å²) in [5, 5.41) is 9.57. The van der Waals surface area contributed by atoms with Crippen LogP contribution in [0.3, 0.4) is 0 Å². The fourth-order valence-electron chi connectivity index (χ4n) is 1.90. The Kier molecular flexibility index (Phi) is 3.85. The molecular weight excluding hydrogens is 240 g/mol. The van der Waals surface area contributed by atoms with E-state index in [0.29, 0.717) is 5.69 Å². The minimum atomic E-state index is -0.238. The average molecular weight is 258 g/mol. The molecule has 2 rings (SSSR count). The summed E-state index contributed by atoms with van der Waals surface area (Å²) in [6.45, 7) is 3.79. The molecule has 0 radical (unpaired) electrons. The minimum Gasteiger partial charge on any atom is -0.399 e. The topological polar surface area (TPSA) is 83.8 Å². The second kappa shape index (κ2) is 5.56. The summed E-state index contributed by atoms with van der Waals surface area (Å²) >= 11 is 0. The van der Waals surface area contributed by atoms with E-state index in [1.165, 1.54) is 0 Å². The summed E-state index contributed by atoms with van der Waals surface area (Å²) < 4.78 is 0. The lowest BCUT2D eigenvalue weighted by Crippen LogP contribution is -2.30. The van der Waals surface area contributed by atoms with Crippen molar-refractivity contribution >= 4 is 11.6 Å². The molecule has 100 valence electrons. The molecule has 19 heavy (non-hydrogen) atoms. The molecule has 0 saturated heterocycles. The molecule has 5 heteroatoms. The zero-order valence-corrected chi connectivity index (χ0v) is 11.1. The molecule has 0 fully saturated rings.